The van der Waals surface area contributed by atoms with Crippen LogP contribution < -0.4 is 5.32 Å². The van der Waals surface area contributed by atoms with Crippen LogP contribution in [0.2, 0.25) is 5.02 Å². The molecule has 0 aromatic heterocycles. The predicted molar refractivity (Wildman–Crippen MR) is 111 cm³/mol. The number of benzene rings is 2. The van der Waals surface area contributed by atoms with Gasteiger partial charge in [0.15, 0.2) is 0 Å². The van der Waals surface area contributed by atoms with Crippen LogP contribution in [0.25, 0.3) is 0 Å². The van der Waals surface area contributed by atoms with Crippen LogP contribution in [0.4, 0.5) is 0 Å². The Labute approximate surface area is 171 Å². The number of amides is 1. The highest BCUT2D eigenvalue weighted by molar-refractivity contribution is 7.89. The summed E-state index contributed by atoms with van der Waals surface area (Å²) in [5, 5.41) is 3.48. The van der Waals surface area contributed by atoms with Crippen LogP contribution in [-0.2, 0) is 21.4 Å². The van der Waals surface area contributed by atoms with Gasteiger partial charge in [-0.2, -0.15) is 4.31 Å². The van der Waals surface area contributed by atoms with Crippen LogP contribution in [0.5, 0.6) is 0 Å². The summed E-state index contributed by atoms with van der Waals surface area (Å²) in [6, 6.07) is 14.0. The standard InChI is InChI=1S/C21H25ClN2O3S/c1-16-6-3-4-7-17(16)14-23-20(25)21(2)12-5-13-24(15-21)28(26,27)19-10-8-18(22)9-11-19/h3-4,6-11H,5,12-15H2,1-2H3,(H,23,25)/t21-/m0/s1. The number of piperidine rings is 1. The van der Waals surface area contributed by atoms with E-state index in [1.807, 2.05) is 38.1 Å². The van der Waals surface area contributed by atoms with Crippen LogP contribution in [0.15, 0.2) is 53.4 Å². The van der Waals surface area contributed by atoms with Crippen molar-refractivity contribution < 1.29 is 13.2 Å². The Kier molecular flexibility index (Phi) is 6.12. The highest BCUT2D eigenvalue weighted by atomic mass is 35.5. The number of halogens is 1. The number of hydrogen-bond acceptors (Lipinski definition) is 3. The van der Waals surface area contributed by atoms with Gasteiger partial charge in [-0.05, 0) is 62.1 Å². The van der Waals surface area contributed by atoms with Crippen molar-refractivity contribution in [3.63, 3.8) is 0 Å². The molecule has 1 heterocycles. The summed E-state index contributed by atoms with van der Waals surface area (Å²) in [6.07, 6.45) is 1.29. The average Bonchev–Trinajstić information content (AvgIpc) is 2.67. The third kappa shape index (κ3) is 4.40. The minimum Gasteiger partial charge on any atom is -0.352 e. The second-order valence-electron chi connectivity index (χ2n) is 7.57. The maximum absolute atomic E-state index is 13.0. The van der Waals surface area contributed by atoms with Gasteiger partial charge in [0.25, 0.3) is 0 Å². The summed E-state index contributed by atoms with van der Waals surface area (Å²) in [5.74, 6) is -0.119. The molecule has 1 aliphatic heterocycles. The fourth-order valence-corrected chi connectivity index (χ4v) is 5.26. The van der Waals surface area contributed by atoms with Gasteiger partial charge >= 0.3 is 0 Å². The predicted octanol–water partition coefficient (Wildman–Crippen LogP) is 3.76. The minimum absolute atomic E-state index is 0.119. The van der Waals surface area contributed by atoms with E-state index in [-0.39, 0.29) is 17.3 Å². The molecule has 0 aliphatic carbocycles. The van der Waals surface area contributed by atoms with Gasteiger partial charge < -0.3 is 5.32 Å². The summed E-state index contributed by atoms with van der Waals surface area (Å²) >= 11 is 5.87. The van der Waals surface area contributed by atoms with E-state index in [9.17, 15) is 13.2 Å². The largest absolute Gasteiger partial charge is 0.352 e. The fourth-order valence-electron chi connectivity index (χ4n) is 3.54. The molecule has 2 aromatic carbocycles. The number of carbonyl (C=O) groups is 1. The van der Waals surface area contributed by atoms with Crippen molar-refractivity contribution in [2.24, 2.45) is 5.41 Å². The molecular weight excluding hydrogens is 396 g/mol. The Morgan fingerprint density at radius 1 is 1.18 bits per heavy atom. The van der Waals surface area contributed by atoms with Crippen LogP contribution in [-0.4, -0.2) is 31.7 Å². The van der Waals surface area contributed by atoms with Gasteiger partial charge in [-0.1, -0.05) is 35.9 Å². The number of nitrogens with zero attached hydrogens (tertiary/aromatic N) is 1. The van der Waals surface area contributed by atoms with E-state index in [0.717, 1.165) is 11.1 Å². The van der Waals surface area contributed by atoms with Crippen molar-refractivity contribution in [2.45, 2.75) is 38.1 Å². The van der Waals surface area contributed by atoms with E-state index in [0.29, 0.717) is 31.0 Å². The highest BCUT2D eigenvalue weighted by Crippen LogP contribution is 2.33. The molecular formula is C21H25ClN2O3S. The molecule has 0 radical (unpaired) electrons. The van der Waals surface area contributed by atoms with Crippen molar-refractivity contribution in [2.75, 3.05) is 13.1 Å². The van der Waals surface area contributed by atoms with Crippen molar-refractivity contribution in [1.82, 2.24) is 9.62 Å². The summed E-state index contributed by atoms with van der Waals surface area (Å²) < 4.78 is 27.4. The van der Waals surface area contributed by atoms with Crippen molar-refractivity contribution >= 4 is 27.5 Å². The zero-order chi connectivity index (χ0) is 20.4. The van der Waals surface area contributed by atoms with E-state index in [1.165, 1.54) is 16.4 Å². The molecule has 1 aliphatic rings. The first kappa shape index (κ1) is 20.8. The van der Waals surface area contributed by atoms with Gasteiger partial charge in [-0.3, -0.25) is 4.79 Å². The molecule has 0 bridgehead atoms. The Balaban J connectivity index is 1.72. The molecule has 1 N–H and O–H groups in total. The summed E-state index contributed by atoms with van der Waals surface area (Å²) in [4.78, 5) is 13.1. The Hall–Kier alpha value is -1.89. The lowest BCUT2D eigenvalue weighted by molar-refractivity contribution is -0.132. The normalized spacial score (nSPS) is 20.7. The third-order valence-corrected chi connectivity index (χ3v) is 7.47. The van der Waals surface area contributed by atoms with Crippen molar-refractivity contribution in [3.05, 3.63) is 64.7 Å². The average molecular weight is 421 g/mol. The lowest BCUT2D eigenvalue weighted by Crippen LogP contribution is -2.51. The van der Waals surface area contributed by atoms with Gasteiger partial charge in [0.05, 0.1) is 10.3 Å². The first-order valence-corrected chi connectivity index (χ1v) is 11.1. The van der Waals surface area contributed by atoms with Crippen LogP contribution in [0, 0.1) is 12.3 Å². The maximum atomic E-state index is 13.0. The lowest BCUT2D eigenvalue weighted by Gasteiger charge is -2.38. The van der Waals surface area contributed by atoms with Gasteiger partial charge in [-0.15, -0.1) is 0 Å². The first-order valence-electron chi connectivity index (χ1n) is 9.31. The molecule has 28 heavy (non-hydrogen) atoms. The highest BCUT2D eigenvalue weighted by Gasteiger charge is 2.41. The molecule has 7 heteroatoms. The zero-order valence-corrected chi connectivity index (χ0v) is 17.7. The number of carbonyl (C=O) groups excluding carboxylic acids is 1. The molecule has 150 valence electrons. The molecule has 3 rings (SSSR count). The smallest absolute Gasteiger partial charge is 0.243 e. The van der Waals surface area contributed by atoms with Gasteiger partial charge in [0.2, 0.25) is 15.9 Å². The Morgan fingerprint density at radius 3 is 2.54 bits per heavy atom. The van der Waals surface area contributed by atoms with E-state index in [4.69, 9.17) is 11.6 Å². The number of aryl methyl sites for hydroxylation is 1. The number of sulfonamides is 1. The molecule has 5 nitrogen and oxygen atoms in total. The second-order valence-corrected chi connectivity index (χ2v) is 9.94. The van der Waals surface area contributed by atoms with Crippen molar-refractivity contribution in [3.8, 4) is 0 Å². The lowest BCUT2D eigenvalue weighted by atomic mass is 9.82. The quantitative estimate of drug-likeness (QED) is 0.800. The van der Waals surface area contributed by atoms with Crippen LogP contribution in [0.3, 0.4) is 0 Å². The maximum Gasteiger partial charge on any atom is 0.243 e. The van der Waals surface area contributed by atoms with E-state index >= 15 is 0 Å². The van der Waals surface area contributed by atoms with Gasteiger partial charge in [-0.25, -0.2) is 8.42 Å². The fraction of sp³-hybridized carbons (Fsp3) is 0.381. The number of rotatable bonds is 5. The molecule has 0 saturated carbocycles. The first-order chi connectivity index (χ1) is 13.2. The monoisotopic (exact) mass is 420 g/mol. The molecule has 1 atom stereocenters. The minimum atomic E-state index is -3.66. The zero-order valence-electron chi connectivity index (χ0n) is 16.1. The molecule has 1 saturated heterocycles. The third-order valence-electron chi connectivity index (χ3n) is 5.36. The van der Waals surface area contributed by atoms with Crippen LogP contribution in [0.1, 0.15) is 30.9 Å². The summed E-state index contributed by atoms with van der Waals surface area (Å²) in [7, 11) is -3.66. The van der Waals surface area contributed by atoms with E-state index < -0.39 is 15.4 Å². The van der Waals surface area contributed by atoms with Gasteiger partial charge in [0.1, 0.15) is 0 Å². The molecule has 2 aromatic rings. The number of hydrogen-bond donors (Lipinski definition) is 1. The molecule has 0 unspecified atom stereocenters. The topological polar surface area (TPSA) is 66.5 Å². The van der Waals surface area contributed by atoms with E-state index in [2.05, 4.69) is 5.32 Å². The summed E-state index contributed by atoms with van der Waals surface area (Å²) in [6.45, 7) is 4.85. The Morgan fingerprint density at radius 2 is 1.86 bits per heavy atom. The van der Waals surface area contributed by atoms with Crippen molar-refractivity contribution in [1.29, 1.82) is 0 Å². The summed E-state index contributed by atoms with van der Waals surface area (Å²) in [5.41, 5.74) is 1.41. The van der Waals surface area contributed by atoms with Crippen LogP contribution >= 0.6 is 11.6 Å². The molecule has 1 fully saturated rings. The van der Waals surface area contributed by atoms with E-state index in [1.54, 1.807) is 12.1 Å². The SMILES string of the molecule is Cc1ccccc1CNC(=O)[C@@]1(C)CCCN(S(=O)(=O)c2ccc(Cl)cc2)C1. The second kappa shape index (κ2) is 8.23. The molecule has 0 spiro atoms. The Bertz CT molecular complexity index is 960. The van der Waals surface area contributed by atoms with Gasteiger partial charge in [0, 0.05) is 24.7 Å². The number of nitrogens with one attached hydrogen (secondary N) is 1. The molecule has 1 amide bonds.